The van der Waals surface area contributed by atoms with Crippen LogP contribution in [-0.2, 0) is 4.79 Å². The minimum atomic E-state index is -0.424. The van der Waals surface area contributed by atoms with E-state index in [-0.39, 0.29) is 18.1 Å². The summed E-state index contributed by atoms with van der Waals surface area (Å²) in [5, 5.41) is 3.45. The van der Waals surface area contributed by atoms with E-state index in [9.17, 15) is 9.59 Å². The van der Waals surface area contributed by atoms with Crippen molar-refractivity contribution in [2.75, 3.05) is 5.32 Å². The first-order valence-electron chi connectivity index (χ1n) is 6.75. The van der Waals surface area contributed by atoms with Crippen molar-refractivity contribution in [3.8, 4) is 0 Å². The number of aryl methyl sites for hydroxylation is 1. The fourth-order valence-electron chi connectivity index (χ4n) is 2.64. The van der Waals surface area contributed by atoms with Crippen molar-refractivity contribution in [3.63, 3.8) is 0 Å². The predicted octanol–water partition coefficient (Wildman–Crippen LogP) is 3.96. The van der Waals surface area contributed by atoms with E-state index < -0.39 is 5.92 Å². The largest absolute Gasteiger partial charge is 0.325 e. The van der Waals surface area contributed by atoms with Crippen molar-refractivity contribution in [1.82, 2.24) is 0 Å². The molecule has 0 aromatic heterocycles. The molecular weight excluding hydrogens is 286 g/mol. The van der Waals surface area contributed by atoms with Crippen LogP contribution in [0.15, 0.2) is 42.5 Å². The Morgan fingerprint density at radius 1 is 1.24 bits per heavy atom. The Balaban J connectivity index is 1.87. The summed E-state index contributed by atoms with van der Waals surface area (Å²) in [7, 11) is 0. The van der Waals surface area contributed by atoms with Crippen molar-refractivity contribution in [1.29, 1.82) is 0 Å². The maximum absolute atomic E-state index is 12.5. The summed E-state index contributed by atoms with van der Waals surface area (Å²) in [6, 6.07) is 12.6. The number of benzene rings is 2. The standard InChI is InChI=1S/C17H14ClNO2/c1-10-6-7-11(18)8-15(10)19-17(21)14-9-16(20)13-5-3-2-4-12(13)14/h2-8,14H,9H2,1H3,(H,19,21). The van der Waals surface area contributed by atoms with Gasteiger partial charge < -0.3 is 5.32 Å². The van der Waals surface area contributed by atoms with Gasteiger partial charge in [-0.3, -0.25) is 9.59 Å². The van der Waals surface area contributed by atoms with Crippen LogP contribution in [0.5, 0.6) is 0 Å². The first kappa shape index (κ1) is 13.8. The molecule has 0 aliphatic heterocycles. The van der Waals surface area contributed by atoms with Crippen LogP contribution in [0.3, 0.4) is 0 Å². The first-order chi connectivity index (χ1) is 10.1. The average molecular weight is 300 g/mol. The SMILES string of the molecule is Cc1ccc(Cl)cc1NC(=O)C1CC(=O)c2ccccc21. The molecule has 1 amide bonds. The molecule has 0 bridgehead atoms. The van der Waals surface area contributed by atoms with E-state index in [1.54, 1.807) is 18.2 Å². The Labute approximate surface area is 127 Å². The molecule has 4 heteroatoms. The molecule has 0 radical (unpaired) electrons. The molecule has 106 valence electrons. The van der Waals surface area contributed by atoms with Crippen LogP contribution in [0.1, 0.15) is 33.8 Å². The molecule has 1 unspecified atom stereocenters. The Morgan fingerprint density at radius 2 is 2.00 bits per heavy atom. The second kappa shape index (κ2) is 5.34. The molecule has 0 saturated carbocycles. The van der Waals surface area contributed by atoms with Gasteiger partial charge in [-0.2, -0.15) is 0 Å². The molecule has 21 heavy (non-hydrogen) atoms. The van der Waals surface area contributed by atoms with Crippen LogP contribution in [0.4, 0.5) is 5.69 Å². The predicted molar refractivity (Wildman–Crippen MR) is 82.9 cm³/mol. The van der Waals surface area contributed by atoms with Crippen LogP contribution < -0.4 is 5.32 Å². The third-order valence-electron chi connectivity index (χ3n) is 3.80. The van der Waals surface area contributed by atoms with Gasteiger partial charge in [0.1, 0.15) is 0 Å². The molecule has 2 aromatic carbocycles. The lowest BCUT2D eigenvalue weighted by Crippen LogP contribution is -2.20. The van der Waals surface area contributed by atoms with E-state index >= 15 is 0 Å². The number of carbonyl (C=O) groups excluding carboxylic acids is 2. The zero-order chi connectivity index (χ0) is 15.0. The lowest BCUT2D eigenvalue weighted by molar-refractivity contribution is -0.117. The van der Waals surface area contributed by atoms with Gasteiger partial charge in [-0.15, -0.1) is 0 Å². The highest BCUT2D eigenvalue weighted by molar-refractivity contribution is 6.31. The van der Waals surface area contributed by atoms with Crippen LogP contribution in [0.2, 0.25) is 5.02 Å². The summed E-state index contributed by atoms with van der Waals surface area (Å²) < 4.78 is 0. The van der Waals surface area contributed by atoms with Gasteiger partial charge in [-0.05, 0) is 30.2 Å². The molecule has 0 spiro atoms. The van der Waals surface area contributed by atoms with E-state index in [4.69, 9.17) is 11.6 Å². The summed E-state index contributed by atoms with van der Waals surface area (Å²) in [4.78, 5) is 24.4. The summed E-state index contributed by atoms with van der Waals surface area (Å²) in [6.45, 7) is 1.90. The van der Waals surface area contributed by atoms with Crippen molar-refractivity contribution in [3.05, 3.63) is 64.2 Å². The van der Waals surface area contributed by atoms with Crippen LogP contribution in [0, 0.1) is 6.92 Å². The molecular formula is C17H14ClNO2. The zero-order valence-electron chi connectivity index (χ0n) is 11.5. The van der Waals surface area contributed by atoms with Gasteiger partial charge in [0.05, 0.1) is 5.92 Å². The van der Waals surface area contributed by atoms with Gasteiger partial charge in [0.25, 0.3) is 0 Å². The Morgan fingerprint density at radius 3 is 2.81 bits per heavy atom. The third-order valence-corrected chi connectivity index (χ3v) is 4.04. The van der Waals surface area contributed by atoms with Gasteiger partial charge in [0.2, 0.25) is 5.91 Å². The minimum absolute atomic E-state index is 0.0218. The molecule has 0 heterocycles. The Hall–Kier alpha value is -2.13. The van der Waals surface area contributed by atoms with Crippen molar-refractivity contribution in [2.45, 2.75) is 19.3 Å². The molecule has 1 N–H and O–H groups in total. The molecule has 1 atom stereocenters. The van der Waals surface area contributed by atoms with E-state index in [0.29, 0.717) is 16.3 Å². The lowest BCUT2D eigenvalue weighted by Gasteiger charge is -2.13. The number of carbonyl (C=O) groups is 2. The second-order valence-electron chi connectivity index (χ2n) is 5.22. The number of hydrogen-bond donors (Lipinski definition) is 1. The lowest BCUT2D eigenvalue weighted by atomic mass is 10.0. The highest BCUT2D eigenvalue weighted by Gasteiger charge is 2.33. The highest BCUT2D eigenvalue weighted by Crippen LogP contribution is 2.34. The van der Waals surface area contributed by atoms with E-state index in [2.05, 4.69) is 5.32 Å². The molecule has 0 fully saturated rings. The zero-order valence-corrected chi connectivity index (χ0v) is 12.3. The summed E-state index contributed by atoms with van der Waals surface area (Å²) in [5.74, 6) is -0.570. The molecule has 3 rings (SSSR count). The topological polar surface area (TPSA) is 46.2 Å². The van der Waals surface area contributed by atoms with E-state index in [1.165, 1.54) is 0 Å². The van der Waals surface area contributed by atoms with Crippen molar-refractivity contribution in [2.24, 2.45) is 0 Å². The quantitative estimate of drug-likeness (QED) is 0.912. The normalized spacial score (nSPS) is 16.7. The molecule has 2 aromatic rings. The monoisotopic (exact) mass is 299 g/mol. The molecule has 0 saturated heterocycles. The molecule has 3 nitrogen and oxygen atoms in total. The number of anilines is 1. The minimum Gasteiger partial charge on any atom is -0.325 e. The first-order valence-corrected chi connectivity index (χ1v) is 7.13. The maximum atomic E-state index is 12.5. The number of ketones is 1. The molecule has 1 aliphatic rings. The number of fused-ring (bicyclic) bond motifs is 1. The fourth-order valence-corrected chi connectivity index (χ4v) is 2.81. The van der Waals surface area contributed by atoms with Gasteiger partial charge in [-0.25, -0.2) is 0 Å². The second-order valence-corrected chi connectivity index (χ2v) is 5.65. The Kier molecular flexibility index (Phi) is 3.52. The Bertz CT molecular complexity index is 739. The van der Waals surface area contributed by atoms with Gasteiger partial charge in [0.15, 0.2) is 5.78 Å². The highest BCUT2D eigenvalue weighted by atomic mass is 35.5. The average Bonchev–Trinajstić information content (AvgIpc) is 2.81. The van der Waals surface area contributed by atoms with Gasteiger partial charge in [-0.1, -0.05) is 41.9 Å². The number of amides is 1. The summed E-state index contributed by atoms with van der Waals surface area (Å²) >= 11 is 5.96. The van der Waals surface area contributed by atoms with E-state index in [1.807, 2.05) is 31.2 Å². The number of hydrogen-bond acceptors (Lipinski definition) is 2. The number of rotatable bonds is 2. The number of halogens is 1. The summed E-state index contributed by atoms with van der Waals surface area (Å²) in [5.41, 5.74) is 3.08. The van der Waals surface area contributed by atoms with Crippen molar-refractivity contribution >= 4 is 29.0 Å². The van der Waals surface area contributed by atoms with Crippen LogP contribution in [0.25, 0.3) is 0 Å². The third kappa shape index (κ3) is 2.57. The van der Waals surface area contributed by atoms with Gasteiger partial charge in [0, 0.05) is 22.7 Å². The number of Topliss-reactive ketones (excluding diaryl/α,β-unsaturated/α-hetero) is 1. The number of nitrogens with one attached hydrogen (secondary N) is 1. The molecule has 1 aliphatic carbocycles. The van der Waals surface area contributed by atoms with Crippen LogP contribution in [-0.4, -0.2) is 11.7 Å². The fraction of sp³-hybridized carbons (Fsp3) is 0.176. The van der Waals surface area contributed by atoms with Crippen LogP contribution >= 0.6 is 11.6 Å². The smallest absolute Gasteiger partial charge is 0.232 e. The van der Waals surface area contributed by atoms with E-state index in [0.717, 1.165) is 11.1 Å². The summed E-state index contributed by atoms with van der Waals surface area (Å²) in [6.07, 6.45) is 0.227. The maximum Gasteiger partial charge on any atom is 0.232 e. The van der Waals surface area contributed by atoms with Gasteiger partial charge >= 0.3 is 0 Å². The van der Waals surface area contributed by atoms with Crippen molar-refractivity contribution < 1.29 is 9.59 Å².